The molecule has 6 heteroatoms. The first-order chi connectivity index (χ1) is 13.9. The number of rotatable bonds is 20. The van der Waals surface area contributed by atoms with Crippen molar-refractivity contribution in [3.8, 4) is 0 Å². The number of nitrogens with zero attached hydrogens (tertiary/aromatic N) is 1. The molecule has 0 aliphatic carbocycles. The number of halogens is 1. The van der Waals surface area contributed by atoms with E-state index in [-0.39, 0.29) is 23.1 Å². The van der Waals surface area contributed by atoms with E-state index in [1.165, 1.54) is 103 Å². The zero-order chi connectivity index (χ0) is 22.2. The summed E-state index contributed by atoms with van der Waals surface area (Å²) >= 11 is 0. The highest BCUT2D eigenvalue weighted by Gasteiger charge is 2.10. The summed E-state index contributed by atoms with van der Waals surface area (Å²) in [6, 6.07) is 0. The van der Waals surface area contributed by atoms with Gasteiger partial charge in [0.05, 0.1) is 0 Å². The molecule has 4 nitrogen and oxygen atoms in total. The third-order valence-corrected chi connectivity index (χ3v) is 6.19. The second-order valence-electron chi connectivity index (χ2n) is 8.47. The molecule has 0 saturated carbocycles. The van der Waals surface area contributed by atoms with Crippen LogP contribution < -0.4 is 0 Å². The first-order valence-electron chi connectivity index (χ1n) is 12.7. The zero-order valence-electron chi connectivity index (χ0n) is 20.7. The van der Waals surface area contributed by atoms with E-state index in [0.29, 0.717) is 6.42 Å². The van der Waals surface area contributed by atoms with E-state index in [1.807, 2.05) is 0 Å². The summed E-state index contributed by atoms with van der Waals surface area (Å²) in [6.45, 7) is 13.0. The van der Waals surface area contributed by atoms with Crippen molar-refractivity contribution in [1.29, 1.82) is 0 Å². The van der Waals surface area contributed by atoms with Crippen LogP contribution in [0.25, 0.3) is 0 Å². The highest BCUT2D eigenvalue weighted by Crippen LogP contribution is 2.35. The Labute approximate surface area is 199 Å². The van der Waals surface area contributed by atoms with E-state index in [2.05, 4.69) is 32.6 Å². The summed E-state index contributed by atoms with van der Waals surface area (Å²) in [5, 5.41) is 0. The van der Waals surface area contributed by atoms with Crippen molar-refractivity contribution in [2.24, 2.45) is 0 Å². The molecule has 0 radical (unpaired) electrons. The Balaban J connectivity index is -0.000000480. The van der Waals surface area contributed by atoms with Crippen LogP contribution in [-0.2, 0) is 4.57 Å². The van der Waals surface area contributed by atoms with Gasteiger partial charge in [-0.25, -0.2) is 0 Å². The minimum Gasteiger partial charge on any atom is -0.324 e. The Bertz CT molecular complexity index is 334. The molecule has 0 bridgehead atoms. The SMILES string of the molecule is Br.CCCCCCCCCCCCP(=O)(O)O.CCCCN(CCCC)CCCC. The maximum Gasteiger partial charge on any atom is 0.325 e. The van der Waals surface area contributed by atoms with Crippen LogP contribution >= 0.6 is 24.6 Å². The van der Waals surface area contributed by atoms with Gasteiger partial charge in [0, 0.05) is 6.16 Å². The smallest absolute Gasteiger partial charge is 0.324 e. The van der Waals surface area contributed by atoms with Gasteiger partial charge in [0.2, 0.25) is 0 Å². The van der Waals surface area contributed by atoms with Crippen LogP contribution in [0, 0.1) is 0 Å². The Kier molecular flexibility index (Phi) is 32.4. The van der Waals surface area contributed by atoms with Crippen molar-refractivity contribution in [3.05, 3.63) is 0 Å². The number of hydrogen-bond acceptors (Lipinski definition) is 2. The fourth-order valence-corrected chi connectivity index (χ4v) is 3.92. The molecule has 0 heterocycles. The largest absolute Gasteiger partial charge is 0.325 e. The zero-order valence-corrected chi connectivity index (χ0v) is 23.4. The average Bonchev–Trinajstić information content (AvgIpc) is 2.68. The molecule has 0 atom stereocenters. The molecule has 0 spiro atoms. The third-order valence-electron chi connectivity index (χ3n) is 5.29. The lowest BCUT2D eigenvalue weighted by Gasteiger charge is -2.21. The minimum atomic E-state index is -3.74. The maximum atomic E-state index is 10.6. The second kappa shape index (κ2) is 27.6. The molecule has 186 valence electrons. The molecule has 0 fully saturated rings. The Morgan fingerprint density at radius 3 is 1.13 bits per heavy atom. The highest BCUT2D eigenvalue weighted by molar-refractivity contribution is 8.93. The van der Waals surface area contributed by atoms with Crippen molar-refractivity contribution in [3.63, 3.8) is 0 Å². The topological polar surface area (TPSA) is 60.8 Å². The summed E-state index contributed by atoms with van der Waals surface area (Å²) in [5.41, 5.74) is 0. The standard InChI is InChI=1S/C12H27N.C12H27O3P.BrH/c1-4-7-10-13(11-8-5-2)12-9-6-3;1-2-3-4-5-6-7-8-9-10-11-12-16(13,14)15;/h4-12H2,1-3H3;2-12H2,1H3,(H2,13,14,15);1H. The predicted octanol–water partition coefficient (Wildman–Crippen LogP) is 8.35. The summed E-state index contributed by atoms with van der Waals surface area (Å²) in [6.07, 6.45) is 20.0. The monoisotopic (exact) mass is 515 g/mol. The van der Waals surface area contributed by atoms with Crippen LogP contribution in [0.3, 0.4) is 0 Å². The van der Waals surface area contributed by atoms with Crippen molar-refractivity contribution in [2.45, 2.75) is 130 Å². The quantitative estimate of drug-likeness (QED) is 0.126. The summed E-state index contributed by atoms with van der Waals surface area (Å²) in [5.74, 6) is 0. The van der Waals surface area contributed by atoms with E-state index < -0.39 is 7.60 Å². The summed E-state index contributed by atoms with van der Waals surface area (Å²) in [7, 11) is -3.74. The van der Waals surface area contributed by atoms with Crippen LogP contribution in [0.5, 0.6) is 0 Å². The van der Waals surface area contributed by atoms with Gasteiger partial charge in [0.25, 0.3) is 0 Å². The number of unbranched alkanes of at least 4 members (excludes halogenated alkanes) is 12. The molecule has 2 N–H and O–H groups in total. The molecule has 0 amide bonds. The lowest BCUT2D eigenvalue weighted by Crippen LogP contribution is -2.27. The predicted molar refractivity (Wildman–Crippen MR) is 140 cm³/mol. The molecule has 0 unspecified atom stereocenters. The number of hydrogen-bond donors (Lipinski definition) is 2. The minimum absolute atomic E-state index is 0. The van der Waals surface area contributed by atoms with E-state index in [9.17, 15) is 4.57 Å². The van der Waals surface area contributed by atoms with Crippen molar-refractivity contribution in [2.75, 3.05) is 25.8 Å². The van der Waals surface area contributed by atoms with Gasteiger partial charge in [0.15, 0.2) is 0 Å². The molecule has 0 aliphatic rings. The van der Waals surface area contributed by atoms with Gasteiger partial charge in [-0.15, -0.1) is 17.0 Å². The van der Waals surface area contributed by atoms with Crippen molar-refractivity contribution in [1.82, 2.24) is 4.90 Å². The van der Waals surface area contributed by atoms with Gasteiger partial charge in [-0.2, -0.15) is 0 Å². The fourth-order valence-electron chi connectivity index (χ4n) is 3.29. The first kappa shape index (κ1) is 35.2. The van der Waals surface area contributed by atoms with Gasteiger partial charge in [0.1, 0.15) is 0 Å². The van der Waals surface area contributed by atoms with Gasteiger partial charge < -0.3 is 14.7 Å². The lowest BCUT2D eigenvalue weighted by molar-refractivity contribution is 0.261. The van der Waals surface area contributed by atoms with E-state index >= 15 is 0 Å². The third kappa shape index (κ3) is 33.2. The molecule has 0 saturated heterocycles. The van der Waals surface area contributed by atoms with E-state index in [1.54, 1.807) is 0 Å². The van der Waals surface area contributed by atoms with Crippen LogP contribution in [0.2, 0.25) is 0 Å². The van der Waals surface area contributed by atoms with Crippen LogP contribution in [-0.4, -0.2) is 40.5 Å². The normalized spacial score (nSPS) is 11.2. The Morgan fingerprint density at radius 1 is 0.533 bits per heavy atom. The maximum absolute atomic E-state index is 10.6. The van der Waals surface area contributed by atoms with Crippen LogP contribution in [0.4, 0.5) is 0 Å². The van der Waals surface area contributed by atoms with Gasteiger partial charge >= 0.3 is 7.60 Å². The average molecular weight is 517 g/mol. The molecule has 0 aromatic rings. The molecular weight excluding hydrogens is 461 g/mol. The van der Waals surface area contributed by atoms with E-state index in [0.717, 1.165) is 12.8 Å². The molecule has 0 rings (SSSR count). The molecule has 0 aromatic carbocycles. The van der Waals surface area contributed by atoms with Gasteiger partial charge in [-0.3, -0.25) is 4.57 Å². The Hall–Kier alpha value is 0.590. The molecule has 0 aromatic heterocycles. The first-order valence-corrected chi connectivity index (χ1v) is 14.5. The van der Waals surface area contributed by atoms with Crippen LogP contribution in [0.1, 0.15) is 130 Å². The van der Waals surface area contributed by atoms with Gasteiger partial charge in [-0.05, 0) is 45.3 Å². The fraction of sp³-hybridized carbons (Fsp3) is 1.00. The second-order valence-corrected chi connectivity index (χ2v) is 10.2. The van der Waals surface area contributed by atoms with Gasteiger partial charge in [-0.1, -0.05) is 105 Å². The summed E-state index contributed by atoms with van der Waals surface area (Å²) < 4.78 is 10.6. The highest BCUT2D eigenvalue weighted by atomic mass is 79.9. The Morgan fingerprint density at radius 2 is 0.833 bits per heavy atom. The summed E-state index contributed by atoms with van der Waals surface area (Å²) in [4.78, 5) is 19.9. The lowest BCUT2D eigenvalue weighted by atomic mass is 10.1. The van der Waals surface area contributed by atoms with Crippen molar-refractivity contribution < 1.29 is 14.4 Å². The van der Waals surface area contributed by atoms with Crippen molar-refractivity contribution >= 4 is 24.6 Å². The van der Waals surface area contributed by atoms with E-state index in [4.69, 9.17) is 9.79 Å². The molecule has 30 heavy (non-hydrogen) atoms. The molecular formula is C24H55BrNO3P. The van der Waals surface area contributed by atoms with Crippen LogP contribution in [0.15, 0.2) is 0 Å². The molecule has 0 aliphatic heterocycles.